The fourth-order valence-electron chi connectivity index (χ4n) is 3.03. The molecule has 1 amide bonds. The van der Waals surface area contributed by atoms with Crippen LogP contribution >= 0.6 is 34.5 Å². The smallest absolute Gasteiger partial charge is 0.265 e. The van der Waals surface area contributed by atoms with Gasteiger partial charge in [-0.1, -0.05) is 23.2 Å². The molecule has 4 aromatic rings. The van der Waals surface area contributed by atoms with Crippen molar-refractivity contribution in [2.24, 2.45) is 5.73 Å². The molecule has 4 rings (SSSR count). The van der Waals surface area contributed by atoms with E-state index >= 15 is 0 Å². The van der Waals surface area contributed by atoms with Crippen LogP contribution in [0.4, 0.5) is 5.82 Å². The highest BCUT2D eigenvalue weighted by atomic mass is 35.5. The number of rotatable bonds is 2. The van der Waals surface area contributed by atoms with Crippen LogP contribution in [0.15, 0.2) is 23.1 Å². The second kappa shape index (κ2) is 5.73. The number of aromatic nitrogens is 3. The molecule has 0 saturated carbocycles. The van der Waals surface area contributed by atoms with E-state index in [-0.39, 0.29) is 16.4 Å². The number of primary amides is 1. The lowest BCUT2D eigenvalue weighted by Gasteiger charge is -2.15. The van der Waals surface area contributed by atoms with Crippen LogP contribution in [-0.2, 0) is 0 Å². The van der Waals surface area contributed by atoms with E-state index in [4.69, 9.17) is 34.7 Å². The molecule has 0 spiro atoms. The summed E-state index contributed by atoms with van der Waals surface area (Å²) in [6, 6.07) is 3.35. The van der Waals surface area contributed by atoms with Crippen molar-refractivity contribution in [2.45, 2.75) is 6.92 Å². The molecule has 1 aromatic carbocycles. The number of nitrogens with zero attached hydrogens (tertiary/aromatic N) is 2. The molecule has 0 radical (unpaired) electrons. The Morgan fingerprint density at radius 2 is 2.08 bits per heavy atom. The van der Waals surface area contributed by atoms with Crippen molar-refractivity contribution in [1.82, 2.24) is 14.8 Å². The predicted octanol–water partition coefficient (Wildman–Crippen LogP) is 3.22. The second-order valence-corrected chi connectivity index (χ2v) is 7.73. The zero-order valence-corrected chi connectivity index (χ0v) is 15.6. The van der Waals surface area contributed by atoms with E-state index in [1.807, 2.05) is 0 Å². The first-order valence-corrected chi connectivity index (χ1v) is 8.95. The third-order valence-electron chi connectivity index (χ3n) is 4.25. The summed E-state index contributed by atoms with van der Waals surface area (Å²) in [5.74, 6) is -0.849. The summed E-state index contributed by atoms with van der Waals surface area (Å²) < 4.78 is 1.96. The van der Waals surface area contributed by atoms with Crippen LogP contribution < -0.4 is 17.0 Å². The Bertz CT molecular complexity index is 1290. The highest BCUT2D eigenvalue weighted by Gasteiger charge is 2.25. The number of benzene rings is 1. The normalized spacial score (nSPS) is 11.5. The molecule has 3 heterocycles. The Morgan fingerprint density at radius 3 is 2.77 bits per heavy atom. The molecule has 0 atom stereocenters. The van der Waals surface area contributed by atoms with Crippen LogP contribution in [0.3, 0.4) is 0 Å². The number of anilines is 1. The monoisotopic (exact) mass is 407 g/mol. The standard InChI is InChI=1S/C16H11Cl2N5O2S/c1-5-9-12(26-13(5)18)10(15(20)24)14(19)23(16(9)25)11-6-4-21-22-8(6)3-2-7(11)17/h2-4H,19H2,1H3,(H2,20,24)(H,21,22). The summed E-state index contributed by atoms with van der Waals surface area (Å²) in [4.78, 5) is 25.4. The molecule has 10 heteroatoms. The Kier molecular flexibility index (Phi) is 3.72. The minimum Gasteiger partial charge on any atom is -0.384 e. The fourth-order valence-corrected chi connectivity index (χ4v) is 4.69. The van der Waals surface area contributed by atoms with Gasteiger partial charge in [0.05, 0.1) is 42.4 Å². The lowest BCUT2D eigenvalue weighted by Crippen LogP contribution is -2.27. The Labute approximate surface area is 160 Å². The van der Waals surface area contributed by atoms with Gasteiger partial charge >= 0.3 is 0 Å². The average molecular weight is 408 g/mol. The molecule has 5 N–H and O–H groups in total. The van der Waals surface area contributed by atoms with E-state index in [0.29, 0.717) is 36.6 Å². The van der Waals surface area contributed by atoms with Gasteiger partial charge in [0.25, 0.3) is 11.5 Å². The molecule has 0 saturated heterocycles. The number of hydrogen-bond acceptors (Lipinski definition) is 5. The van der Waals surface area contributed by atoms with Crippen molar-refractivity contribution >= 4 is 67.3 Å². The van der Waals surface area contributed by atoms with Gasteiger partial charge in [-0.15, -0.1) is 11.3 Å². The van der Waals surface area contributed by atoms with Crippen LogP contribution in [0.25, 0.3) is 26.7 Å². The van der Waals surface area contributed by atoms with Crippen LogP contribution in [0.5, 0.6) is 0 Å². The number of thiophene rings is 1. The lowest BCUT2D eigenvalue weighted by molar-refractivity contribution is 0.100. The van der Waals surface area contributed by atoms with Gasteiger partial charge in [-0.2, -0.15) is 5.10 Å². The van der Waals surface area contributed by atoms with E-state index in [2.05, 4.69) is 10.2 Å². The molecule has 0 bridgehead atoms. The molecule has 0 aliphatic carbocycles. The number of aromatic amines is 1. The maximum Gasteiger partial charge on any atom is 0.265 e. The molecule has 26 heavy (non-hydrogen) atoms. The van der Waals surface area contributed by atoms with Crippen molar-refractivity contribution in [3.05, 3.63) is 49.2 Å². The number of halogens is 2. The fraction of sp³-hybridized carbons (Fsp3) is 0.0625. The first-order chi connectivity index (χ1) is 12.3. The summed E-state index contributed by atoms with van der Waals surface area (Å²) in [5, 5.41) is 7.94. The van der Waals surface area contributed by atoms with Crippen LogP contribution in [0.1, 0.15) is 15.9 Å². The molecular weight excluding hydrogens is 397 g/mol. The molecule has 3 aromatic heterocycles. The number of nitrogens with two attached hydrogens (primary N) is 2. The second-order valence-electron chi connectivity index (χ2n) is 5.70. The molecular formula is C16H11Cl2N5O2S. The van der Waals surface area contributed by atoms with E-state index < -0.39 is 11.5 Å². The number of carbonyl (C=O) groups excluding carboxylic acids is 1. The number of aryl methyl sites for hydroxylation is 1. The Balaban J connectivity index is 2.29. The number of nitrogens with one attached hydrogen (secondary N) is 1. The van der Waals surface area contributed by atoms with Gasteiger partial charge in [-0.25, -0.2) is 0 Å². The summed E-state index contributed by atoms with van der Waals surface area (Å²) in [7, 11) is 0. The molecule has 0 fully saturated rings. The summed E-state index contributed by atoms with van der Waals surface area (Å²) in [5.41, 5.74) is 12.9. The zero-order valence-electron chi connectivity index (χ0n) is 13.3. The van der Waals surface area contributed by atoms with Gasteiger partial charge < -0.3 is 11.5 Å². The number of hydrogen-bond donors (Lipinski definition) is 3. The lowest BCUT2D eigenvalue weighted by atomic mass is 10.1. The molecule has 0 aliphatic heterocycles. The summed E-state index contributed by atoms with van der Waals surface area (Å²) in [6.07, 6.45) is 1.53. The number of carbonyl (C=O) groups is 1. The van der Waals surface area contributed by atoms with Crippen molar-refractivity contribution in [2.75, 3.05) is 5.73 Å². The topological polar surface area (TPSA) is 120 Å². The first kappa shape index (κ1) is 16.9. The highest BCUT2D eigenvalue weighted by Crippen LogP contribution is 2.38. The number of H-pyrrole nitrogens is 1. The minimum absolute atomic E-state index is 0.0381. The number of amides is 1. The minimum atomic E-state index is -0.755. The Morgan fingerprint density at radius 1 is 1.35 bits per heavy atom. The predicted molar refractivity (Wildman–Crippen MR) is 105 cm³/mol. The third-order valence-corrected chi connectivity index (χ3v) is 6.16. The van der Waals surface area contributed by atoms with Crippen molar-refractivity contribution in [3.63, 3.8) is 0 Å². The molecule has 0 aliphatic rings. The van der Waals surface area contributed by atoms with Crippen LogP contribution in [0, 0.1) is 6.92 Å². The molecule has 0 unspecified atom stereocenters. The van der Waals surface area contributed by atoms with Crippen molar-refractivity contribution < 1.29 is 4.79 Å². The molecule has 132 valence electrons. The van der Waals surface area contributed by atoms with Gasteiger partial charge in [0.2, 0.25) is 0 Å². The van der Waals surface area contributed by atoms with Gasteiger partial charge in [-0.3, -0.25) is 19.3 Å². The largest absolute Gasteiger partial charge is 0.384 e. The van der Waals surface area contributed by atoms with E-state index in [0.717, 1.165) is 11.3 Å². The number of nitrogen functional groups attached to an aromatic ring is 1. The van der Waals surface area contributed by atoms with Gasteiger partial charge in [-0.05, 0) is 24.6 Å². The average Bonchev–Trinajstić information content (AvgIpc) is 3.14. The summed E-state index contributed by atoms with van der Waals surface area (Å²) in [6.45, 7) is 1.70. The highest BCUT2D eigenvalue weighted by molar-refractivity contribution is 7.23. The van der Waals surface area contributed by atoms with Gasteiger partial charge in [0, 0.05) is 5.39 Å². The van der Waals surface area contributed by atoms with Crippen LogP contribution in [-0.4, -0.2) is 20.7 Å². The van der Waals surface area contributed by atoms with E-state index in [1.54, 1.807) is 19.1 Å². The van der Waals surface area contributed by atoms with Gasteiger partial charge in [0.15, 0.2) is 0 Å². The Hall–Kier alpha value is -2.55. The van der Waals surface area contributed by atoms with Crippen LogP contribution in [0.2, 0.25) is 9.36 Å². The SMILES string of the molecule is Cc1c(Cl)sc2c(C(N)=O)c(N)n(-c3c(Cl)ccc4[nH]ncc34)c(=O)c12. The van der Waals surface area contributed by atoms with Gasteiger partial charge in [0.1, 0.15) is 5.82 Å². The quantitative estimate of drug-likeness (QED) is 0.472. The van der Waals surface area contributed by atoms with Crippen molar-refractivity contribution in [1.29, 1.82) is 0 Å². The summed E-state index contributed by atoms with van der Waals surface area (Å²) >= 11 is 13.7. The maximum absolute atomic E-state index is 13.3. The molecule has 7 nitrogen and oxygen atoms in total. The zero-order chi connectivity index (χ0) is 18.7. The third kappa shape index (κ3) is 2.16. The number of fused-ring (bicyclic) bond motifs is 2. The van der Waals surface area contributed by atoms with E-state index in [1.165, 1.54) is 10.8 Å². The maximum atomic E-state index is 13.3. The first-order valence-electron chi connectivity index (χ1n) is 7.37. The van der Waals surface area contributed by atoms with Crippen molar-refractivity contribution in [3.8, 4) is 5.69 Å². The van der Waals surface area contributed by atoms with E-state index in [9.17, 15) is 9.59 Å². The number of pyridine rings is 1.